The number of nitrogens with two attached hydrogens (primary N) is 1. The Kier molecular flexibility index (Phi) is 3.40. The maximum atomic E-state index is 5.40. The van der Waals surface area contributed by atoms with Gasteiger partial charge in [-0.25, -0.2) is 9.97 Å². The summed E-state index contributed by atoms with van der Waals surface area (Å²) < 4.78 is 0. The van der Waals surface area contributed by atoms with Gasteiger partial charge >= 0.3 is 0 Å². The molecule has 5 nitrogen and oxygen atoms in total. The van der Waals surface area contributed by atoms with Crippen LogP contribution in [-0.2, 0) is 0 Å². The van der Waals surface area contributed by atoms with Gasteiger partial charge in [-0.3, -0.25) is 4.98 Å². The van der Waals surface area contributed by atoms with E-state index in [0.29, 0.717) is 19.0 Å². The topological polar surface area (TPSA) is 76.7 Å². The molecule has 0 aromatic carbocycles. The first kappa shape index (κ1) is 10.5. The van der Waals surface area contributed by atoms with Gasteiger partial charge in [0, 0.05) is 25.5 Å². The average Bonchev–Trinajstić information content (AvgIpc) is 2.38. The molecule has 0 amide bonds. The standard InChI is InChI=1S/C11H13N5/c12-5-8-15-11-14-7-4-10(16-11)9-3-1-2-6-13-9/h1-4,6-7H,5,8,12H2,(H,14,15,16). The second kappa shape index (κ2) is 5.18. The Bertz CT molecular complexity index is 443. The second-order valence-corrected chi connectivity index (χ2v) is 3.20. The molecule has 0 fully saturated rings. The quantitative estimate of drug-likeness (QED) is 0.792. The van der Waals surface area contributed by atoms with Crippen LogP contribution in [0.15, 0.2) is 36.7 Å². The van der Waals surface area contributed by atoms with Gasteiger partial charge in [-0.15, -0.1) is 0 Å². The molecule has 3 N–H and O–H groups in total. The molecule has 0 bridgehead atoms. The van der Waals surface area contributed by atoms with Crippen LogP contribution in [0.25, 0.3) is 11.4 Å². The lowest BCUT2D eigenvalue weighted by Crippen LogP contribution is -2.14. The average molecular weight is 215 g/mol. The Morgan fingerprint density at radius 2 is 2.00 bits per heavy atom. The second-order valence-electron chi connectivity index (χ2n) is 3.20. The van der Waals surface area contributed by atoms with Gasteiger partial charge in [-0.05, 0) is 18.2 Å². The molecule has 16 heavy (non-hydrogen) atoms. The molecule has 5 heteroatoms. The van der Waals surface area contributed by atoms with Gasteiger partial charge in [0.25, 0.3) is 0 Å². The molecule has 82 valence electrons. The van der Waals surface area contributed by atoms with E-state index in [1.807, 2.05) is 24.3 Å². The summed E-state index contributed by atoms with van der Waals surface area (Å²) in [6, 6.07) is 7.54. The maximum Gasteiger partial charge on any atom is 0.223 e. The van der Waals surface area contributed by atoms with Crippen LogP contribution in [0.1, 0.15) is 0 Å². The van der Waals surface area contributed by atoms with E-state index in [1.54, 1.807) is 12.4 Å². The molecule has 0 radical (unpaired) electrons. The van der Waals surface area contributed by atoms with Crippen LogP contribution in [0.5, 0.6) is 0 Å². The number of rotatable bonds is 4. The molecule has 0 aliphatic rings. The minimum Gasteiger partial charge on any atom is -0.353 e. The first-order chi connectivity index (χ1) is 7.90. The van der Waals surface area contributed by atoms with Crippen LogP contribution in [-0.4, -0.2) is 28.0 Å². The van der Waals surface area contributed by atoms with E-state index in [1.165, 1.54) is 0 Å². The van der Waals surface area contributed by atoms with Gasteiger partial charge in [0.2, 0.25) is 5.95 Å². The van der Waals surface area contributed by atoms with Crippen LogP contribution in [0.4, 0.5) is 5.95 Å². The summed E-state index contributed by atoms with van der Waals surface area (Å²) in [6.45, 7) is 1.21. The summed E-state index contributed by atoms with van der Waals surface area (Å²) in [5.74, 6) is 0.577. The van der Waals surface area contributed by atoms with Gasteiger partial charge in [-0.1, -0.05) is 6.07 Å². The van der Waals surface area contributed by atoms with Crippen molar-refractivity contribution < 1.29 is 0 Å². The molecule has 0 spiro atoms. The summed E-state index contributed by atoms with van der Waals surface area (Å²) >= 11 is 0. The molecule has 0 aliphatic heterocycles. The van der Waals surface area contributed by atoms with Crippen LogP contribution >= 0.6 is 0 Å². The Balaban J connectivity index is 2.22. The summed E-state index contributed by atoms with van der Waals surface area (Å²) in [4.78, 5) is 12.7. The Morgan fingerprint density at radius 3 is 2.75 bits per heavy atom. The van der Waals surface area contributed by atoms with Gasteiger partial charge in [-0.2, -0.15) is 0 Å². The molecule has 0 aliphatic carbocycles. The van der Waals surface area contributed by atoms with Gasteiger partial charge in [0.15, 0.2) is 0 Å². The lowest BCUT2D eigenvalue weighted by atomic mass is 10.3. The minimum atomic E-state index is 0.553. The lowest BCUT2D eigenvalue weighted by molar-refractivity contribution is 0.989. The third kappa shape index (κ3) is 2.52. The molecule has 2 aromatic heterocycles. The smallest absolute Gasteiger partial charge is 0.223 e. The number of hydrogen-bond acceptors (Lipinski definition) is 5. The maximum absolute atomic E-state index is 5.40. The van der Waals surface area contributed by atoms with Crippen molar-refractivity contribution in [2.75, 3.05) is 18.4 Å². The number of nitrogens with zero attached hydrogens (tertiary/aromatic N) is 3. The van der Waals surface area contributed by atoms with E-state index in [0.717, 1.165) is 11.4 Å². The number of nitrogens with one attached hydrogen (secondary N) is 1. The van der Waals surface area contributed by atoms with Crippen molar-refractivity contribution in [3.05, 3.63) is 36.7 Å². The highest BCUT2D eigenvalue weighted by molar-refractivity contribution is 5.54. The van der Waals surface area contributed by atoms with E-state index in [9.17, 15) is 0 Å². The summed E-state index contributed by atoms with van der Waals surface area (Å²) in [5.41, 5.74) is 7.03. The van der Waals surface area contributed by atoms with E-state index in [4.69, 9.17) is 5.73 Å². The fourth-order valence-electron chi connectivity index (χ4n) is 1.28. The molecule has 2 aromatic rings. The zero-order valence-corrected chi connectivity index (χ0v) is 8.80. The molecule has 2 rings (SSSR count). The zero-order chi connectivity index (χ0) is 11.2. The zero-order valence-electron chi connectivity index (χ0n) is 8.80. The molecular weight excluding hydrogens is 202 g/mol. The minimum absolute atomic E-state index is 0.553. The molecule has 0 atom stereocenters. The molecule has 0 saturated carbocycles. The first-order valence-corrected chi connectivity index (χ1v) is 5.08. The number of aromatic nitrogens is 3. The van der Waals surface area contributed by atoms with Crippen LogP contribution in [0, 0.1) is 0 Å². The van der Waals surface area contributed by atoms with Crippen LogP contribution < -0.4 is 11.1 Å². The van der Waals surface area contributed by atoms with Crippen LogP contribution in [0.2, 0.25) is 0 Å². The summed E-state index contributed by atoms with van der Waals surface area (Å²) in [7, 11) is 0. The van der Waals surface area contributed by atoms with Crippen molar-refractivity contribution in [1.82, 2.24) is 15.0 Å². The van der Waals surface area contributed by atoms with E-state index in [2.05, 4.69) is 20.3 Å². The summed E-state index contributed by atoms with van der Waals surface area (Å²) in [6.07, 6.45) is 3.44. The number of anilines is 1. The lowest BCUT2D eigenvalue weighted by Gasteiger charge is -2.04. The van der Waals surface area contributed by atoms with Gasteiger partial charge < -0.3 is 11.1 Å². The predicted molar refractivity (Wildman–Crippen MR) is 62.8 cm³/mol. The third-order valence-corrected chi connectivity index (χ3v) is 2.01. The Hall–Kier alpha value is -2.01. The normalized spacial score (nSPS) is 10.1. The van der Waals surface area contributed by atoms with Crippen LogP contribution in [0.3, 0.4) is 0 Å². The largest absolute Gasteiger partial charge is 0.353 e. The highest BCUT2D eigenvalue weighted by Crippen LogP contribution is 2.13. The fourth-order valence-corrected chi connectivity index (χ4v) is 1.28. The molecule has 0 saturated heterocycles. The fraction of sp³-hybridized carbons (Fsp3) is 0.182. The highest BCUT2D eigenvalue weighted by Gasteiger charge is 2.01. The monoisotopic (exact) mass is 215 g/mol. The van der Waals surface area contributed by atoms with Crippen molar-refractivity contribution in [3.8, 4) is 11.4 Å². The van der Waals surface area contributed by atoms with E-state index in [-0.39, 0.29) is 0 Å². The third-order valence-electron chi connectivity index (χ3n) is 2.01. The molecular formula is C11H13N5. The van der Waals surface area contributed by atoms with Gasteiger partial charge in [0.1, 0.15) is 0 Å². The summed E-state index contributed by atoms with van der Waals surface area (Å²) in [5, 5.41) is 3.03. The molecule has 2 heterocycles. The number of pyridine rings is 1. The van der Waals surface area contributed by atoms with Crippen molar-refractivity contribution in [3.63, 3.8) is 0 Å². The Morgan fingerprint density at radius 1 is 1.06 bits per heavy atom. The highest BCUT2D eigenvalue weighted by atomic mass is 15.1. The van der Waals surface area contributed by atoms with Gasteiger partial charge in [0.05, 0.1) is 11.4 Å². The predicted octanol–water partition coefficient (Wildman–Crippen LogP) is 0.909. The first-order valence-electron chi connectivity index (χ1n) is 5.08. The number of hydrogen-bond donors (Lipinski definition) is 2. The van der Waals surface area contributed by atoms with E-state index >= 15 is 0 Å². The Labute approximate surface area is 93.8 Å². The molecule has 0 unspecified atom stereocenters. The SMILES string of the molecule is NCCNc1nccc(-c2ccccn2)n1. The van der Waals surface area contributed by atoms with E-state index < -0.39 is 0 Å². The van der Waals surface area contributed by atoms with Crippen molar-refractivity contribution in [2.45, 2.75) is 0 Å². The van der Waals surface area contributed by atoms with Crippen molar-refractivity contribution >= 4 is 5.95 Å². The van der Waals surface area contributed by atoms with Crippen molar-refractivity contribution in [2.24, 2.45) is 5.73 Å². The van der Waals surface area contributed by atoms with Crippen molar-refractivity contribution in [1.29, 1.82) is 0 Å².